The first-order chi connectivity index (χ1) is 10.4. The number of carbonyl (C=O) groups excluding carboxylic acids is 1. The van der Waals surface area contributed by atoms with Gasteiger partial charge in [-0.3, -0.25) is 9.89 Å². The first-order valence-corrected chi connectivity index (χ1v) is 7.81. The van der Waals surface area contributed by atoms with Crippen LogP contribution in [-0.2, 0) is 11.2 Å². The summed E-state index contributed by atoms with van der Waals surface area (Å²) < 4.78 is 0. The molecule has 118 valence electrons. The van der Waals surface area contributed by atoms with Crippen molar-refractivity contribution in [2.75, 3.05) is 0 Å². The van der Waals surface area contributed by atoms with Gasteiger partial charge in [-0.15, -0.1) is 11.3 Å². The van der Waals surface area contributed by atoms with Crippen LogP contribution in [0.5, 0.6) is 0 Å². The molecule has 0 fully saturated rings. The van der Waals surface area contributed by atoms with Crippen LogP contribution in [0.15, 0.2) is 5.38 Å². The molecule has 2 rings (SSSR count). The number of aryl methyl sites for hydroxylation is 3. The van der Waals surface area contributed by atoms with Crippen LogP contribution in [-0.4, -0.2) is 32.2 Å². The second kappa shape index (κ2) is 6.69. The summed E-state index contributed by atoms with van der Waals surface area (Å²) in [6.45, 7) is 5.45. The Morgan fingerprint density at radius 2 is 2.18 bits per heavy atom. The van der Waals surface area contributed by atoms with E-state index in [-0.39, 0.29) is 5.69 Å². The normalized spacial score (nSPS) is 12.1. The number of nitrogens with one attached hydrogen (secondary N) is 2. The van der Waals surface area contributed by atoms with Gasteiger partial charge in [0.2, 0.25) is 0 Å². The zero-order valence-electron chi connectivity index (χ0n) is 12.6. The third-order valence-electron chi connectivity index (χ3n) is 3.24. The smallest absolute Gasteiger partial charge is 0.331 e. The van der Waals surface area contributed by atoms with E-state index in [1.165, 1.54) is 11.3 Å². The fourth-order valence-corrected chi connectivity index (χ4v) is 3.07. The molecular weight excluding hydrogens is 304 g/mol. The fraction of sp³-hybridized carbons (Fsp3) is 0.429. The van der Waals surface area contributed by atoms with E-state index in [9.17, 15) is 14.7 Å². The summed E-state index contributed by atoms with van der Waals surface area (Å²) in [7, 11) is 0. The highest BCUT2D eigenvalue weighted by atomic mass is 32.1. The van der Waals surface area contributed by atoms with E-state index in [0.717, 1.165) is 17.8 Å². The predicted octanol–water partition coefficient (Wildman–Crippen LogP) is 1.99. The van der Waals surface area contributed by atoms with Crippen LogP contribution in [0.2, 0.25) is 0 Å². The molecule has 2 heterocycles. The van der Waals surface area contributed by atoms with Gasteiger partial charge in [0.15, 0.2) is 6.04 Å². The summed E-state index contributed by atoms with van der Waals surface area (Å²) in [5.74, 6) is -1.63. The second-order valence-corrected chi connectivity index (χ2v) is 5.91. The summed E-state index contributed by atoms with van der Waals surface area (Å²) in [6.07, 6.45) is 1.75. The molecule has 0 aliphatic heterocycles. The largest absolute Gasteiger partial charge is 0.479 e. The summed E-state index contributed by atoms with van der Waals surface area (Å²) in [4.78, 5) is 28.0. The van der Waals surface area contributed by atoms with Crippen molar-refractivity contribution in [3.05, 3.63) is 33.0 Å². The zero-order chi connectivity index (χ0) is 16.3. The summed E-state index contributed by atoms with van der Waals surface area (Å²) in [5.41, 5.74) is 1.90. The average molecular weight is 322 g/mol. The minimum Gasteiger partial charge on any atom is -0.479 e. The fourth-order valence-electron chi connectivity index (χ4n) is 2.19. The number of carboxylic acid groups (broad SMARTS) is 1. The number of thiazole rings is 1. The molecule has 0 aromatic carbocycles. The number of carbonyl (C=O) groups is 2. The number of nitrogens with zero attached hydrogens (tertiary/aromatic N) is 2. The van der Waals surface area contributed by atoms with E-state index in [1.54, 1.807) is 19.2 Å². The maximum atomic E-state index is 12.2. The highest BCUT2D eigenvalue weighted by Crippen LogP contribution is 2.21. The molecule has 7 nitrogen and oxygen atoms in total. The highest BCUT2D eigenvalue weighted by Gasteiger charge is 2.28. The van der Waals surface area contributed by atoms with Crippen molar-refractivity contribution in [1.82, 2.24) is 20.5 Å². The molecule has 2 aromatic rings. The molecule has 1 atom stereocenters. The van der Waals surface area contributed by atoms with Gasteiger partial charge in [-0.2, -0.15) is 5.10 Å². The standard InChI is InChI=1S/C14H18N4O3S/c1-4-5-10-15-9(6-22-10)13(19)16-12(14(20)21)11-7(2)17-18-8(11)3/h6,12H,4-5H2,1-3H3,(H,16,19)(H,17,18)(H,20,21)/t12-/m0/s1. The van der Waals surface area contributed by atoms with Crippen LogP contribution in [0.25, 0.3) is 0 Å². The summed E-state index contributed by atoms with van der Waals surface area (Å²) in [6, 6.07) is -1.15. The molecule has 0 unspecified atom stereocenters. The number of amides is 1. The molecule has 0 bridgehead atoms. The minimum atomic E-state index is -1.15. The lowest BCUT2D eigenvalue weighted by molar-refractivity contribution is -0.139. The van der Waals surface area contributed by atoms with Crippen molar-refractivity contribution in [2.24, 2.45) is 0 Å². The van der Waals surface area contributed by atoms with Gasteiger partial charge in [0, 0.05) is 16.6 Å². The van der Waals surface area contributed by atoms with Crippen LogP contribution < -0.4 is 5.32 Å². The lowest BCUT2D eigenvalue weighted by Crippen LogP contribution is -2.34. The predicted molar refractivity (Wildman–Crippen MR) is 82.0 cm³/mol. The van der Waals surface area contributed by atoms with Crippen LogP contribution in [0.4, 0.5) is 0 Å². The molecule has 1 amide bonds. The van der Waals surface area contributed by atoms with Crippen molar-refractivity contribution >= 4 is 23.2 Å². The Hall–Kier alpha value is -2.22. The Labute approximate surface area is 131 Å². The van der Waals surface area contributed by atoms with E-state index >= 15 is 0 Å². The topological polar surface area (TPSA) is 108 Å². The summed E-state index contributed by atoms with van der Waals surface area (Å²) in [5, 5.41) is 21.1. The van der Waals surface area contributed by atoms with Gasteiger partial charge in [0.05, 0.1) is 10.7 Å². The van der Waals surface area contributed by atoms with E-state index in [2.05, 4.69) is 20.5 Å². The molecule has 0 aliphatic carbocycles. The van der Waals surface area contributed by atoms with Gasteiger partial charge in [0.1, 0.15) is 5.69 Å². The lowest BCUT2D eigenvalue weighted by atomic mass is 10.0. The van der Waals surface area contributed by atoms with Gasteiger partial charge in [-0.05, 0) is 26.7 Å². The highest BCUT2D eigenvalue weighted by molar-refractivity contribution is 7.09. The Kier molecular flexibility index (Phi) is 4.92. The van der Waals surface area contributed by atoms with E-state index < -0.39 is 17.9 Å². The molecule has 3 N–H and O–H groups in total. The van der Waals surface area contributed by atoms with Crippen molar-refractivity contribution < 1.29 is 14.7 Å². The number of aromatic amines is 1. The minimum absolute atomic E-state index is 0.249. The van der Waals surface area contributed by atoms with Crippen LogP contribution >= 0.6 is 11.3 Å². The number of hydrogen-bond donors (Lipinski definition) is 3. The van der Waals surface area contributed by atoms with Crippen molar-refractivity contribution in [3.63, 3.8) is 0 Å². The van der Waals surface area contributed by atoms with E-state index in [0.29, 0.717) is 17.0 Å². The number of aromatic nitrogens is 3. The van der Waals surface area contributed by atoms with Gasteiger partial charge in [0.25, 0.3) is 5.91 Å². The van der Waals surface area contributed by atoms with Crippen molar-refractivity contribution in [2.45, 2.75) is 39.7 Å². The Balaban J connectivity index is 2.21. The first-order valence-electron chi connectivity index (χ1n) is 6.93. The first kappa shape index (κ1) is 16.2. The van der Waals surface area contributed by atoms with Gasteiger partial charge < -0.3 is 10.4 Å². The average Bonchev–Trinajstić information content (AvgIpc) is 3.04. The number of hydrogen-bond acceptors (Lipinski definition) is 5. The quantitative estimate of drug-likeness (QED) is 0.754. The van der Waals surface area contributed by atoms with E-state index in [4.69, 9.17) is 0 Å². The van der Waals surface area contributed by atoms with E-state index in [1.807, 2.05) is 6.92 Å². The third kappa shape index (κ3) is 3.33. The Morgan fingerprint density at radius 1 is 1.45 bits per heavy atom. The zero-order valence-corrected chi connectivity index (χ0v) is 13.5. The Bertz CT molecular complexity index is 673. The number of H-pyrrole nitrogens is 1. The maximum absolute atomic E-state index is 12.2. The van der Waals surface area contributed by atoms with Gasteiger partial charge in [-0.1, -0.05) is 6.92 Å². The molecule has 0 saturated heterocycles. The Morgan fingerprint density at radius 3 is 2.73 bits per heavy atom. The molecule has 0 aliphatic rings. The number of rotatable bonds is 6. The monoisotopic (exact) mass is 322 g/mol. The van der Waals surface area contributed by atoms with Crippen molar-refractivity contribution in [1.29, 1.82) is 0 Å². The lowest BCUT2D eigenvalue weighted by Gasteiger charge is -2.14. The molecular formula is C14H18N4O3S. The molecule has 2 aromatic heterocycles. The molecule has 8 heteroatoms. The van der Waals surface area contributed by atoms with Gasteiger partial charge >= 0.3 is 5.97 Å². The molecule has 22 heavy (non-hydrogen) atoms. The van der Waals surface area contributed by atoms with Crippen LogP contribution in [0.1, 0.15) is 51.8 Å². The second-order valence-electron chi connectivity index (χ2n) is 4.97. The molecule has 0 radical (unpaired) electrons. The summed E-state index contributed by atoms with van der Waals surface area (Å²) >= 11 is 1.40. The van der Waals surface area contributed by atoms with Gasteiger partial charge in [-0.25, -0.2) is 9.78 Å². The van der Waals surface area contributed by atoms with Crippen molar-refractivity contribution in [3.8, 4) is 0 Å². The number of carboxylic acids is 1. The van der Waals surface area contributed by atoms with Crippen LogP contribution in [0.3, 0.4) is 0 Å². The molecule has 0 saturated carbocycles. The maximum Gasteiger partial charge on any atom is 0.331 e. The number of aliphatic carboxylic acids is 1. The SMILES string of the molecule is CCCc1nc(C(=O)N[C@H](C(=O)O)c2c(C)n[nH]c2C)cs1. The third-order valence-corrected chi connectivity index (χ3v) is 4.15. The molecule has 0 spiro atoms. The van der Waals surface area contributed by atoms with Crippen LogP contribution in [0, 0.1) is 13.8 Å².